The van der Waals surface area contributed by atoms with Crippen molar-refractivity contribution in [1.82, 2.24) is 14.2 Å². The summed E-state index contributed by atoms with van der Waals surface area (Å²) in [5, 5.41) is 4.22. The number of hydrogen-bond donors (Lipinski definition) is 0. The van der Waals surface area contributed by atoms with Gasteiger partial charge in [0.05, 0.1) is 17.9 Å². The van der Waals surface area contributed by atoms with Gasteiger partial charge in [-0.25, -0.2) is 13.9 Å². The molecule has 0 amide bonds. The normalized spacial score (nSPS) is 12.2. The number of aryl methyl sites for hydroxylation is 1. The number of aromatic nitrogens is 3. The molecule has 0 bridgehead atoms. The smallest absolute Gasteiger partial charge is 0.493 e. The monoisotopic (exact) mass is 497 g/mol. The molecular formula is C23H17F6N3O3. The molecule has 184 valence electrons. The molecule has 12 heteroatoms. The number of pyridine rings is 1. The molecule has 2 aromatic carbocycles. The molecule has 0 atom stereocenters. The van der Waals surface area contributed by atoms with E-state index in [9.17, 15) is 31.1 Å². The highest BCUT2D eigenvalue weighted by Crippen LogP contribution is 2.36. The number of alkyl halides is 6. The molecule has 35 heavy (non-hydrogen) atoms. The van der Waals surface area contributed by atoms with Crippen LogP contribution in [0, 0.1) is 0 Å². The van der Waals surface area contributed by atoms with E-state index in [1.54, 1.807) is 18.2 Å². The Hall–Kier alpha value is -3.96. The van der Waals surface area contributed by atoms with Crippen LogP contribution in [0.25, 0.3) is 16.9 Å². The molecule has 0 aliphatic carbocycles. The minimum absolute atomic E-state index is 0.0759. The Morgan fingerprint density at radius 2 is 1.57 bits per heavy atom. The summed E-state index contributed by atoms with van der Waals surface area (Å²) >= 11 is 0. The van der Waals surface area contributed by atoms with E-state index in [1.807, 2.05) is 0 Å². The second-order valence-corrected chi connectivity index (χ2v) is 7.38. The van der Waals surface area contributed by atoms with Gasteiger partial charge in [-0.05, 0) is 54.1 Å². The largest absolute Gasteiger partial charge is 0.573 e. The average molecular weight is 497 g/mol. The molecule has 0 radical (unpaired) electrons. The van der Waals surface area contributed by atoms with Gasteiger partial charge in [0.25, 0.3) is 0 Å². The van der Waals surface area contributed by atoms with E-state index in [1.165, 1.54) is 34.7 Å². The van der Waals surface area contributed by atoms with Crippen LogP contribution < -0.4 is 15.2 Å². The number of fused-ring (bicyclic) bond motifs is 1. The Morgan fingerprint density at radius 3 is 2.26 bits per heavy atom. The molecule has 4 rings (SSSR count). The third-order valence-corrected chi connectivity index (χ3v) is 4.95. The lowest BCUT2D eigenvalue weighted by Crippen LogP contribution is -2.23. The van der Waals surface area contributed by atoms with Gasteiger partial charge in [-0.1, -0.05) is 18.2 Å². The Morgan fingerprint density at radius 1 is 0.857 bits per heavy atom. The first-order chi connectivity index (χ1) is 16.5. The zero-order chi connectivity index (χ0) is 25.2. The van der Waals surface area contributed by atoms with E-state index in [-0.39, 0.29) is 25.3 Å². The zero-order valence-electron chi connectivity index (χ0n) is 17.8. The lowest BCUT2D eigenvalue weighted by atomic mass is 10.1. The van der Waals surface area contributed by atoms with Crippen molar-refractivity contribution >= 4 is 5.65 Å². The third kappa shape index (κ3) is 5.58. The average Bonchev–Trinajstić information content (AvgIpc) is 3.11. The second-order valence-electron chi connectivity index (χ2n) is 7.38. The van der Waals surface area contributed by atoms with Crippen LogP contribution in [0.1, 0.15) is 12.0 Å². The highest BCUT2D eigenvalue weighted by atomic mass is 19.4. The van der Waals surface area contributed by atoms with Crippen LogP contribution in [0.4, 0.5) is 26.3 Å². The fourth-order valence-electron chi connectivity index (χ4n) is 3.48. The minimum Gasteiger partial charge on any atom is -0.493 e. The maximum Gasteiger partial charge on any atom is 0.573 e. The second kappa shape index (κ2) is 9.35. The van der Waals surface area contributed by atoms with Crippen molar-refractivity contribution in [2.24, 2.45) is 0 Å². The van der Waals surface area contributed by atoms with Gasteiger partial charge in [0, 0.05) is 13.0 Å². The molecule has 0 aliphatic rings. The van der Waals surface area contributed by atoms with E-state index in [4.69, 9.17) is 4.74 Å². The summed E-state index contributed by atoms with van der Waals surface area (Å²) in [5.41, 5.74) is -0.249. The molecule has 0 N–H and O–H groups in total. The summed E-state index contributed by atoms with van der Waals surface area (Å²) in [6, 6.07) is 14.7. The van der Waals surface area contributed by atoms with Gasteiger partial charge in [-0.3, -0.25) is 0 Å². The highest BCUT2D eigenvalue weighted by molar-refractivity contribution is 5.64. The van der Waals surface area contributed by atoms with Crippen molar-refractivity contribution in [3.8, 4) is 22.8 Å². The number of halogens is 6. The van der Waals surface area contributed by atoms with Crippen LogP contribution in [-0.2, 0) is 12.7 Å². The summed E-state index contributed by atoms with van der Waals surface area (Å²) in [7, 11) is 0. The molecule has 0 unspecified atom stereocenters. The van der Waals surface area contributed by atoms with Crippen molar-refractivity contribution in [2.75, 3.05) is 6.61 Å². The Kier molecular flexibility index (Phi) is 6.46. The maximum absolute atomic E-state index is 13.1. The van der Waals surface area contributed by atoms with Crippen LogP contribution in [0.5, 0.6) is 11.5 Å². The van der Waals surface area contributed by atoms with Crippen LogP contribution in [0.15, 0.2) is 71.5 Å². The van der Waals surface area contributed by atoms with E-state index >= 15 is 0 Å². The van der Waals surface area contributed by atoms with Crippen molar-refractivity contribution < 1.29 is 35.8 Å². The van der Waals surface area contributed by atoms with Crippen LogP contribution in [0.2, 0.25) is 0 Å². The van der Waals surface area contributed by atoms with Gasteiger partial charge in [-0.2, -0.15) is 13.2 Å². The number of benzene rings is 2. The Bertz CT molecular complexity index is 1370. The third-order valence-electron chi connectivity index (χ3n) is 4.95. The van der Waals surface area contributed by atoms with Gasteiger partial charge in [0.15, 0.2) is 5.65 Å². The molecule has 4 aromatic rings. The number of rotatable bonds is 7. The molecule has 0 saturated heterocycles. The van der Waals surface area contributed by atoms with Crippen LogP contribution in [0.3, 0.4) is 0 Å². The first-order valence-corrected chi connectivity index (χ1v) is 10.3. The van der Waals surface area contributed by atoms with E-state index in [0.29, 0.717) is 16.9 Å². The number of nitrogens with zero attached hydrogens (tertiary/aromatic N) is 3. The van der Waals surface area contributed by atoms with E-state index in [2.05, 4.69) is 9.84 Å². The van der Waals surface area contributed by atoms with Gasteiger partial charge in [0.2, 0.25) is 0 Å². The molecule has 0 spiro atoms. The molecule has 0 aliphatic heterocycles. The molecule has 2 heterocycles. The summed E-state index contributed by atoms with van der Waals surface area (Å²) < 4.78 is 88.0. The predicted octanol–water partition coefficient (Wildman–Crippen LogP) is 5.55. The van der Waals surface area contributed by atoms with Gasteiger partial charge < -0.3 is 9.47 Å². The quantitative estimate of drug-likeness (QED) is 0.248. The van der Waals surface area contributed by atoms with Gasteiger partial charge >= 0.3 is 18.2 Å². The fourth-order valence-corrected chi connectivity index (χ4v) is 3.48. The molecule has 0 saturated carbocycles. The Labute approximate surface area is 193 Å². The van der Waals surface area contributed by atoms with Crippen molar-refractivity contribution in [3.05, 3.63) is 82.8 Å². The number of para-hydroxylation sites is 1. The standard InChI is InChI=1S/C23H17F6N3O3/c24-22(25,26)17-5-1-2-7-19(17)34-14-4-13-31-21(33)32-18(6-3-8-20(32)30-31)15-9-11-16(12-10-15)35-23(27,28)29/h1-3,5-12H,4,13-14H2. The number of hydrogen-bond acceptors (Lipinski definition) is 4. The summed E-state index contributed by atoms with van der Waals surface area (Å²) in [5.74, 6) is -0.703. The predicted molar refractivity (Wildman–Crippen MR) is 113 cm³/mol. The molecule has 2 aromatic heterocycles. The molecule has 6 nitrogen and oxygen atoms in total. The lowest BCUT2D eigenvalue weighted by Gasteiger charge is -2.13. The van der Waals surface area contributed by atoms with Crippen LogP contribution >= 0.6 is 0 Å². The van der Waals surface area contributed by atoms with Crippen molar-refractivity contribution in [3.63, 3.8) is 0 Å². The van der Waals surface area contributed by atoms with Gasteiger partial charge in [-0.15, -0.1) is 18.3 Å². The van der Waals surface area contributed by atoms with Crippen molar-refractivity contribution in [2.45, 2.75) is 25.5 Å². The fraction of sp³-hybridized carbons (Fsp3) is 0.217. The summed E-state index contributed by atoms with van der Waals surface area (Å²) in [4.78, 5) is 12.9. The first kappa shape index (κ1) is 24.2. The van der Waals surface area contributed by atoms with Crippen molar-refractivity contribution in [1.29, 1.82) is 0 Å². The summed E-state index contributed by atoms with van der Waals surface area (Å²) in [6.45, 7) is -0.00652. The molecular weight excluding hydrogens is 480 g/mol. The van der Waals surface area contributed by atoms with Crippen LogP contribution in [-0.4, -0.2) is 27.2 Å². The van der Waals surface area contributed by atoms with Gasteiger partial charge in [0.1, 0.15) is 11.5 Å². The van der Waals surface area contributed by atoms with E-state index < -0.39 is 29.5 Å². The van der Waals surface area contributed by atoms with E-state index in [0.717, 1.165) is 22.9 Å². The summed E-state index contributed by atoms with van der Waals surface area (Å²) in [6.07, 6.45) is -9.17. The highest BCUT2D eigenvalue weighted by Gasteiger charge is 2.34. The zero-order valence-corrected chi connectivity index (χ0v) is 17.8. The first-order valence-electron chi connectivity index (χ1n) is 10.3. The lowest BCUT2D eigenvalue weighted by molar-refractivity contribution is -0.274. The molecule has 0 fully saturated rings. The maximum atomic E-state index is 13.1. The number of ether oxygens (including phenoxy) is 2. The topological polar surface area (TPSA) is 57.8 Å². The Balaban J connectivity index is 1.49. The SMILES string of the molecule is O=c1n(CCCOc2ccccc2C(F)(F)F)nc2cccc(-c3ccc(OC(F)(F)F)cc3)n12. The minimum atomic E-state index is -4.82.